The minimum absolute atomic E-state index is 0.0553. The fourth-order valence-corrected chi connectivity index (χ4v) is 1.80. The molecule has 1 aromatic heterocycles. The summed E-state index contributed by atoms with van der Waals surface area (Å²) in [6, 6.07) is 5.63. The minimum Gasteiger partial charge on any atom is -0.463 e. The van der Waals surface area contributed by atoms with Crippen LogP contribution in [0.5, 0.6) is 0 Å². The maximum atomic E-state index is 8.91. The number of rotatable bonds is 1. The van der Waals surface area contributed by atoms with Crippen molar-refractivity contribution in [2.75, 3.05) is 0 Å². The molecule has 2 rings (SSSR count). The van der Waals surface area contributed by atoms with Crippen molar-refractivity contribution in [3.63, 3.8) is 0 Å². The van der Waals surface area contributed by atoms with Gasteiger partial charge in [0.1, 0.15) is 5.58 Å². The average Bonchev–Trinajstić information content (AvgIpc) is 2.52. The highest BCUT2D eigenvalue weighted by Gasteiger charge is 2.03. The van der Waals surface area contributed by atoms with Crippen LogP contribution in [0.2, 0.25) is 0 Å². The summed E-state index contributed by atoms with van der Waals surface area (Å²) in [5.41, 5.74) is 1.71. The molecule has 0 aliphatic carbocycles. The van der Waals surface area contributed by atoms with Gasteiger partial charge in [0.05, 0.1) is 17.3 Å². The minimum atomic E-state index is 0.0553. The zero-order chi connectivity index (χ0) is 8.55. The molecule has 0 atom stereocenters. The zero-order valence-electron chi connectivity index (χ0n) is 6.25. The van der Waals surface area contributed by atoms with Crippen molar-refractivity contribution in [3.05, 3.63) is 34.5 Å². The topological polar surface area (TPSA) is 33.4 Å². The van der Waals surface area contributed by atoms with Crippen molar-refractivity contribution in [3.8, 4) is 0 Å². The lowest BCUT2D eigenvalue weighted by Gasteiger charge is -1.97. The van der Waals surface area contributed by atoms with Gasteiger partial charge in [-0.05, 0) is 39.7 Å². The molecular formula is C9H7BrO2. The third-order valence-corrected chi connectivity index (χ3v) is 2.34. The second-order valence-electron chi connectivity index (χ2n) is 2.57. The van der Waals surface area contributed by atoms with Crippen LogP contribution >= 0.6 is 15.9 Å². The van der Waals surface area contributed by atoms with Gasteiger partial charge in [-0.25, -0.2) is 0 Å². The number of aliphatic hydroxyl groups excluding tert-OH is 1. The summed E-state index contributed by atoms with van der Waals surface area (Å²) in [4.78, 5) is 0. The SMILES string of the molecule is OCc1cc(Br)c2occc2c1. The smallest absolute Gasteiger partial charge is 0.148 e. The molecule has 0 aliphatic rings. The molecule has 0 amide bonds. The second-order valence-corrected chi connectivity index (χ2v) is 3.43. The second kappa shape index (κ2) is 2.92. The van der Waals surface area contributed by atoms with Crippen LogP contribution in [-0.4, -0.2) is 5.11 Å². The Morgan fingerprint density at radius 3 is 3.00 bits per heavy atom. The summed E-state index contributed by atoms with van der Waals surface area (Å²) in [6.07, 6.45) is 1.64. The van der Waals surface area contributed by atoms with Crippen LogP contribution in [0, 0.1) is 0 Å². The quantitative estimate of drug-likeness (QED) is 0.812. The third-order valence-electron chi connectivity index (χ3n) is 1.75. The first kappa shape index (κ1) is 7.83. The van der Waals surface area contributed by atoms with Gasteiger partial charge >= 0.3 is 0 Å². The lowest BCUT2D eigenvalue weighted by Crippen LogP contribution is -1.81. The third kappa shape index (κ3) is 1.15. The van der Waals surface area contributed by atoms with Crippen molar-refractivity contribution in [1.82, 2.24) is 0 Å². The maximum absolute atomic E-state index is 8.91. The van der Waals surface area contributed by atoms with Gasteiger partial charge in [-0.3, -0.25) is 0 Å². The largest absolute Gasteiger partial charge is 0.463 e. The van der Waals surface area contributed by atoms with E-state index in [1.54, 1.807) is 6.26 Å². The van der Waals surface area contributed by atoms with Crippen molar-refractivity contribution in [2.24, 2.45) is 0 Å². The molecule has 12 heavy (non-hydrogen) atoms. The molecule has 2 aromatic rings. The molecule has 0 saturated heterocycles. The Morgan fingerprint density at radius 1 is 1.42 bits per heavy atom. The first-order valence-electron chi connectivity index (χ1n) is 3.58. The molecule has 62 valence electrons. The monoisotopic (exact) mass is 226 g/mol. The Labute approximate surface area is 77.9 Å². The molecule has 1 aromatic carbocycles. The van der Waals surface area contributed by atoms with Crippen LogP contribution in [0.3, 0.4) is 0 Å². The molecule has 0 spiro atoms. The van der Waals surface area contributed by atoms with Gasteiger partial charge in [0, 0.05) is 5.39 Å². The number of aliphatic hydroxyl groups is 1. The predicted molar refractivity (Wildman–Crippen MR) is 49.8 cm³/mol. The Bertz CT molecular complexity index is 406. The van der Waals surface area contributed by atoms with E-state index in [9.17, 15) is 0 Å². The van der Waals surface area contributed by atoms with E-state index < -0.39 is 0 Å². The average molecular weight is 227 g/mol. The standard InChI is InChI=1S/C9H7BrO2/c10-8-4-6(5-11)3-7-1-2-12-9(7)8/h1-4,11H,5H2. The lowest BCUT2D eigenvalue weighted by molar-refractivity contribution is 0.282. The first-order chi connectivity index (χ1) is 5.81. The molecule has 3 heteroatoms. The van der Waals surface area contributed by atoms with Crippen LogP contribution in [0.1, 0.15) is 5.56 Å². The number of hydrogen-bond acceptors (Lipinski definition) is 2. The molecule has 2 nitrogen and oxygen atoms in total. The van der Waals surface area contributed by atoms with E-state index in [2.05, 4.69) is 15.9 Å². The van der Waals surface area contributed by atoms with Gasteiger partial charge in [0.15, 0.2) is 0 Å². The Morgan fingerprint density at radius 2 is 2.25 bits per heavy atom. The van der Waals surface area contributed by atoms with Gasteiger partial charge in [-0.15, -0.1) is 0 Å². The Kier molecular flexibility index (Phi) is 1.90. The Balaban J connectivity index is 2.75. The van der Waals surface area contributed by atoms with Gasteiger partial charge in [-0.1, -0.05) is 0 Å². The van der Waals surface area contributed by atoms with Crippen LogP contribution in [0.15, 0.2) is 33.4 Å². The van der Waals surface area contributed by atoms with Gasteiger partial charge in [0.2, 0.25) is 0 Å². The number of fused-ring (bicyclic) bond motifs is 1. The molecule has 0 bridgehead atoms. The normalized spacial score (nSPS) is 10.8. The molecule has 0 unspecified atom stereocenters. The molecule has 0 saturated carbocycles. The predicted octanol–water partition coefficient (Wildman–Crippen LogP) is 2.69. The van der Waals surface area contributed by atoms with E-state index in [-0.39, 0.29) is 6.61 Å². The van der Waals surface area contributed by atoms with Gasteiger partial charge in [-0.2, -0.15) is 0 Å². The summed E-state index contributed by atoms with van der Waals surface area (Å²) in [7, 11) is 0. The van der Waals surface area contributed by atoms with Crippen molar-refractivity contribution in [2.45, 2.75) is 6.61 Å². The van der Waals surface area contributed by atoms with E-state index in [0.29, 0.717) is 0 Å². The summed E-state index contributed by atoms with van der Waals surface area (Å²) in [5, 5.41) is 9.92. The molecule has 1 N–H and O–H groups in total. The lowest BCUT2D eigenvalue weighted by atomic mass is 10.2. The van der Waals surface area contributed by atoms with Gasteiger partial charge in [0.25, 0.3) is 0 Å². The summed E-state index contributed by atoms with van der Waals surface area (Å²) in [6.45, 7) is 0.0553. The highest BCUT2D eigenvalue weighted by molar-refractivity contribution is 9.10. The fourth-order valence-electron chi connectivity index (χ4n) is 1.19. The van der Waals surface area contributed by atoms with Crippen molar-refractivity contribution in [1.29, 1.82) is 0 Å². The van der Waals surface area contributed by atoms with Crippen LogP contribution in [-0.2, 0) is 6.61 Å². The van der Waals surface area contributed by atoms with Crippen LogP contribution in [0.4, 0.5) is 0 Å². The van der Waals surface area contributed by atoms with E-state index in [4.69, 9.17) is 9.52 Å². The van der Waals surface area contributed by atoms with E-state index in [1.165, 1.54) is 0 Å². The summed E-state index contributed by atoms with van der Waals surface area (Å²) < 4.78 is 6.10. The van der Waals surface area contributed by atoms with E-state index in [1.807, 2.05) is 18.2 Å². The zero-order valence-corrected chi connectivity index (χ0v) is 7.84. The highest BCUT2D eigenvalue weighted by Crippen LogP contribution is 2.26. The molecule has 0 aliphatic heterocycles. The van der Waals surface area contributed by atoms with E-state index >= 15 is 0 Å². The molecule has 0 fully saturated rings. The molecular weight excluding hydrogens is 220 g/mol. The van der Waals surface area contributed by atoms with E-state index in [0.717, 1.165) is 21.0 Å². The summed E-state index contributed by atoms with van der Waals surface area (Å²) >= 11 is 3.36. The van der Waals surface area contributed by atoms with Crippen molar-refractivity contribution < 1.29 is 9.52 Å². The molecule has 1 heterocycles. The number of furan rings is 1. The number of hydrogen-bond donors (Lipinski definition) is 1. The summed E-state index contributed by atoms with van der Waals surface area (Å²) in [5.74, 6) is 0. The van der Waals surface area contributed by atoms with Gasteiger partial charge < -0.3 is 9.52 Å². The maximum Gasteiger partial charge on any atom is 0.148 e. The number of benzene rings is 1. The van der Waals surface area contributed by atoms with Crippen LogP contribution < -0.4 is 0 Å². The Hall–Kier alpha value is -0.800. The van der Waals surface area contributed by atoms with Crippen molar-refractivity contribution >= 4 is 26.9 Å². The van der Waals surface area contributed by atoms with Crippen LogP contribution in [0.25, 0.3) is 11.0 Å². The molecule has 0 radical (unpaired) electrons. The highest BCUT2D eigenvalue weighted by atomic mass is 79.9. The fraction of sp³-hybridized carbons (Fsp3) is 0.111. The number of halogens is 1. The first-order valence-corrected chi connectivity index (χ1v) is 4.37.